The van der Waals surface area contributed by atoms with Gasteiger partial charge in [-0.15, -0.1) is 0 Å². The molecule has 2 aliphatic rings. The van der Waals surface area contributed by atoms with Gasteiger partial charge >= 0.3 is 0 Å². The quantitative estimate of drug-likeness (QED) is 0.675. The Labute approximate surface area is 182 Å². The first-order valence-electron chi connectivity index (χ1n) is 10.7. The highest BCUT2D eigenvalue weighted by atomic mass is 16.5. The minimum absolute atomic E-state index is 0.0658. The normalized spacial score (nSPS) is 20.1. The monoisotopic (exact) mass is 417 g/mol. The van der Waals surface area contributed by atoms with Crippen molar-refractivity contribution < 1.29 is 9.47 Å². The minimum Gasteiger partial charge on any atom is -0.487 e. The third kappa shape index (κ3) is 4.68. The van der Waals surface area contributed by atoms with Gasteiger partial charge in [0.15, 0.2) is 0 Å². The van der Waals surface area contributed by atoms with Crippen LogP contribution < -0.4 is 10.1 Å². The Kier molecular flexibility index (Phi) is 5.29. The van der Waals surface area contributed by atoms with E-state index in [1.807, 2.05) is 18.2 Å². The summed E-state index contributed by atoms with van der Waals surface area (Å²) in [5.74, 6) is 2.26. The van der Waals surface area contributed by atoms with Crippen molar-refractivity contribution in [2.24, 2.45) is 0 Å². The Hall–Kier alpha value is -3.03. The van der Waals surface area contributed by atoms with Crippen molar-refractivity contribution in [1.82, 2.24) is 19.9 Å². The van der Waals surface area contributed by atoms with E-state index in [1.165, 1.54) is 11.1 Å². The SMILES string of the molecule is CC1(C)Cc2cc(CN3CCOC(c4cccc(Nc5ncccn5)n4)C3)ccc2O1. The Balaban J connectivity index is 1.25. The number of hydrogen-bond acceptors (Lipinski definition) is 7. The largest absolute Gasteiger partial charge is 0.487 e. The molecule has 5 rings (SSSR count). The molecule has 1 atom stereocenters. The fourth-order valence-corrected chi connectivity index (χ4v) is 4.22. The number of nitrogens with zero attached hydrogens (tertiary/aromatic N) is 4. The van der Waals surface area contributed by atoms with Crippen LogP contribution in [0.3, 0.4) is 0 Å². The summed E-state index contributed by atoms with van der Waals surface area (Å²) in [7, 11) is 0. The van der Waals surface area contributed by atoms with Crippen LogP contribution in [0.15, 0.2) is 54.9 Å². The third-order valence-corrected chi connectivity index (χ3v) is 5.59. The van der Waals surface area contributed by atoms with Gasteiger partial charge in [-0.05, 0) is 49.2 Å². The second-order valence-corrected chi connectivity index (χ2v) is 8.72. The van der Waals surface area contributed by atoms with Crippen molar-refractivity contribution in [3.05, 3.63) is 71.7 Å². The molecule has 1 N–H and O–H groups in total. The molecule has 0 saturated carbocycles. The molecule has 0 amide bonds. The average molecular weight is 418 g/mol. The molecule has 2 aliphatic heterocycles. The van der Waals surface area contributed by atoms with E-state index < -0.39 is 0 Å². The van der Waals surface area contributed by atoms with E-state index in [0.717, 1.165) is 37.5 Å². The van der Waals surface area contributed by atoms with Gasteiger partial charge in [0.05, 0.1) is 12.3 Å². The molecule has 7 heteroatoms. The molecule has 0 aliphatic carbocycles. The summed E-state index contributed by atoms with van der Waals surface area (Å²) in [6.07, 6.45) is 4.29. The molecule has 3 aromatic rings. The van der Waals surface area contributed by atoms with Crippen LogP contribution in [0.2, 0.25) is 0 Å². The summed E-state index contributed by atoms with van der Waals surface area (Å²) in [6, 6.07) is 14.3. The van der Waals surface area contributed by atoms with E-state index in [0.29, 0.717) is 18.4 Å². The Morgan fingerprint density at radius 2 is 2.00 bits per heavy atom. The number of rotatable bonds is 5. The van der Waals surface area contributed by atoms with Crippen molar-refractivity contribution >= 4 is 11.8 Å². The molecule has 1 saturated heterocycles. The highest BCUT2D eigenvalue weighted by molar-refractivity contribution is 5.47. The van der Waals surface area contributed by atoms with Crippen molar-refractivity contribution in [2.45, 2.75) is 38.5 Å². The van der Waals surface area contributed by atoms with Crippen LogP contribution in [0.4, 0.5) is 11.8 Å². The smallest absolute Gasteiger partial charge is 0.228 e. The molecule has 1 unspecified atom stereocenters. The maximum Gasteiger partial charge on any atom is 0.228 e. The zero-order valence-electron chi connectivity index (χ0n) is 17.9. The molecule has 0 spiro atoms. The Bertz CT molecular complexity index is 1060. The van der Waals surface area contributed by atoms with Gasteiger partial charge in [0, 0.05) is 38.4 Å². The van der Waals surface area contributed by atoms with Crippen molar-refractivity contribution in [3.8, 4) is 5.75 Å². The van der Waals surface area contributed by atoms with Crippen LogP contribution in [-0.4, -0.2) is 45.1 Å². The molecule has 1 aromatic carbocycles. The highest BCUT2D eigenvalue weighted by Gasteiger charge is 2.30. The van der Waals surface area contributed by atoms with Gasteiger partial charge in [-0.25, -0.2) is 15.0 Å². The van der Waals surface area contributed by atoms with Crippen LogP contribution in [0, 0.1) is 0 Å². The third-order valence-electron chi connectivity index (χ3n) is 5.59. The molecule has 4 heterocycles. The number of fused-ring (bicyclic) bond motifs is 1. The van der Waals surface area contributed by atoms with E-state index in [9.17, 15) is 0 Å². The summed E-state index contributed by atoms with van der Waals surface area (Å²) < 4.78 is 12.1. The minimum atomic E-state index is -0.111. The van der Waals surface area contributed by atoms with Crippen LogP contribution in [0.25, 0.3) is 0 Å². The van der Waals surface area contributed by atoms with Crippen LogP contribution in [0.5, 0.6) is 5.75 Å². The van der Waals surface area contributed by atoms with E-state index in [2.05, 4.69) is 52.2 Å². The number of pyridine rings is 1. The molecule has 2 aromatic heterocycles. The molecule has 7 nitrogen and oxygen atoms in total. The first-order chi connectivity index (χ1) is 15.0. The van der Waals surface area contributed by atoms with Gasteiger partial charge < -0.3 is 14.8 Å². The molecular weight excluding hydrogens is 390 g/mol. The molecular formula is C24H27N5O2. The predicted molar refractivity (Wildman–Crippen MR) is 118 cm³/mol. The van der Waals surface area contributed by atoms with E-state index in [4.69, 9.17) is 14.5 Å². The first kappa shape index (κ1) is 19.9. The molecule has 0 radical (unpaired) electrons. The number of nitrogens with one attached hydrogen (secondary N) is 1. The van der Waals surface area contributed by atoms with E-state index >= 15 is 0 Å². The maximum atomic E-state index is 6.06. The fraction of sp³-hybridized carbons (Fsp3) is 0.375. The lowest BCUT2D eigenvalue weighted by atomic mass is 10.00. The molecule has 1 fully saturated rings. The highest BCUT2D eigenvalue weighted by Crippen LogP contribution is 2.35. The second kappa shape index (κ2) is 8.24. The zero-order valence-corrected chi connectivity index (χ0v) is 17.9. The van der Waals surface area contributed by atoms with Gasteiger partial charge in [0.1, 0.15) is 23.3 Å². The van der Waals surface area contributed by atoms with Crippen LogP contribution >= 0.6 is 0 Å². The maximum absolute atomic E-state index is 6.06. The van der Waals surface area contributed by atoms with E-state index in [-0.39, 0.29) is 11.7 Å². The topological polar surface area (TPSA) is 72.4 Å². The summed E-state index contributed by atoms with van der Waals surface area (Å²) in [5.41, 5.74) is 3.41. The molecule has 31 heavy (non-hydrogen) atoms. The summed E-state index contributed by atoms with van der Waals surface area (Å²) in [4.78, 5) is 15.6. The number of morpholine rings is 1. The fourth-order valence-electron chi connectivity index (χ4n) is 4.22. The van der Waals surface area contributed by atoms with Gasteiger partial charge in [-0.3, -0.25) is 4.90 Å². The van der Waals surface area contributed by atoms with E-state index in [1.54, 1.807) is 18.5 Å². The predicted octanol–water partition coefficient (Wildman–Crippen LogP) is 3.90. The first-order valence-corrected chi connectivity index (χ1v) is 10.7. The Morgan fingerprint density at radius 3 is 2.87 bits per heavy atom. The van der Waals surface area contributed by atoms with Crippen molar-refractivity contribution in [2.75, 3.05) is 25.0 Å². The lowest BCUT2D eigenvalue weighted by Gasteiger charge is -2.32. The van der Waals surface area contributed by atoms with Crippen LogP contribution in [0.1, 0.15) is 36.8 Å². The van der Waals surface area contributed by atoms with Gasteiger partial charge in [-0.2, -0.15) is 0 Å². The van der Waals surface area contributed by atoms with Crippen molar-refractivity contribution in [3.63, 3.8) is 0 Å². The summed E-state index contributed by atoms with van der Waals surface area (Å²) >= 11 is 0. The number of aromatic nitrogens is 3. The summed E-state index contributed by atoms with van der Waals surface area (Å²) in [6.45, 7) is 7.57. The van der Waals surface area contributed by atoms with Crippen LogP contribution in [-0.2, 0) is 17.7 Å². The number of benzene rings is 1. The zero-order chi connectivity index (χ0) is 21.3. The second-order valence-electron chi connectivity index (χ2n) is 8.72. The van der Waals surface area contributed by atoms with Gasteiger partial charge in [0.2, 0.25) is 5.95 Å². The lowest BCUT2D eigenvalue weighted by molar-refractivity contribution is -0.0349. The standard InChI is InChI=1S/C24H27N5O2/c1-24(2)14-18-13-17(7-8-20(18)31-24)15-29-11-12-30-21(16-29)19-5-3-6-22(27-19)28-23-25-9-4-10-26-23/h3-10,13,21H,11-12,14-16H2,1-2H3,(H,25,26,27,28). The molecule has 160 valence electrons. The Morgan fingerprint density at radius 1 is 1.13 bits per heavy atom. The molecule has 0 bridgehead atoms. The number of ether oxygens (including phenoxy) is 2. The summed E-state index contributed by atoms with van der Waals surface area (Å²) in [5, 5.41) is 3.15. The number of anilines is 2. The van der Waals surface area contributed by atoms with Gasteiger partial charge in [0.25, 0.3) is 0 Å². The van der Waals surface area contributed by atoms with Gasteiger partial charge in [-0.1, -0.05) is 18.2 Å². The van der Waals surface area contributed by atoms with Crippen molar-refractivity contribution in [1.29, 1.82) is 0 Å². The lowest BCUT2D eigenvalue weighted by Crippen LogP contribution is -2.38. The average Bonchev–Trinajstić information content (AvgIpc) is 3.08. The number of hydrogen-bond donors (Lipinski definition) is 1.